The highest BCUT2D eigenvalue weighted by Gasteiger charge is 2.11. The normalized spacial score (nSPS) is 11.8. The molecule has 0 unspecified atom stereocenters. The van der Waals surface area contributed by atoms with Crippen LogP contribution < -0.4 is 11.1 Å². The Morgan fingerprint density at radius 2 is 2.41 bits per heavy atom. The first-order valence-electron chi connectivity index (χ1n) is 4.79. The standard InChI is InChI=1S/C10H10FN5O/c1-13-7-3-9-8(14-4-16(9)11)2-6(7)10(12)15-5-17/h2-5,13H,1H3,(H2,12,15,17). The van der Waals surface area contributed by atoms with Crippen molar-refractivity contribution in [1.29, 1.82) is 0 Å². The Hall–Kier alpha value is -2.44. The summed E-state index contributed by atoms with van der Waals surface area (Å²) in [7, 11) is 1.66. The number of nitrogens with two attached hydrogens (primary N) is 1. The summed E-state index contributed by atoms with van der Waals surface area (Å²) in [5.41, 5.74) is 7.46. The van der Waals surface area contributed by atoms with Crippen LogP contribution in [0.15, 0.2) is 23.5 Å². The smallest absolute Gasteiger partial charge is 0.234 e. The zero-order valence-corrected chi connectivity index (χ0v) is 9.01. The molecule has 1 aromatic carbocycles. The summed E-state index contributed by atoms with van der Waals surface area (Å²) in [5.74, 6) is 0.0552. The average molecular weight is 235 g/mol. The lowest BCUT2D eigenvalue weighted by Gasteiger charge is -2.08. The van der Waals surface area contributed by atoms with Crippen molar-refractivity contribution in [2.75, 3.05) is 12.4 Å². The summed E-state index contributed by atoms with van der Waals surface area (Å²) in [6, 6.07) is 3.12. The van der Waals surface area contributed by atoms with Crippen LogP contribution in [0.1, 0.15) is 5.56 Å². The number of halogens is 1. The summed E-state index contributed by atoms with van der Waals surface area (Å²) in [4.78, 5) is 18.0. The number of amides is 1. The second-order valence-corrected chi connectivity index (χ2v) is 3.31. The monoisotopic (exact) mass is 235 g/mol. The quantitative estimate of drug-likeness (QED) is 0.465. The minimum Gasteiger partial charge on any atom is -0.387 e. The van der Waals surface area contributed by atoms with Crippen LogP contribution in [0.5, 0.6) is 0 Å². The zero-order valence-electron chi connectivity index (χ0n) is 9.01. The lowest BCUT2D eigenvalue weighted by molar-refractivity contribution is -0.106. The number of amidine groups is 1. The number of nitrogens with one attached hydrogen (secondary N) is 1. The first kappa shape index (κ1) is 11.1. The summed E-state index contributed by atoms with van der Waals surface area (Å²) in [6.07, 6.45) is 1.41. The molecule has 0 atom stereocenters. The van der Waals surface area contributed by atoms with Gasteiger partial charge in [-0.2, -0.15) is 9.78 Å². The van der Waals surface area contributed by atoms with Gasteiger partial charge in [0.05, 0.1) is 5.52 Å². The van der Waals surface area contributed by atoms with Gasteiger partial charge in [0, 0.05) is 18.3 Å². The molecule has 0 aliphatic carbocycles. The number of imidazole rings is 1. The van der Waals surface area contributed by atoms with Gasteiger partial charge < -0.3 is 11.1 Å². The molecule has 6 nitrogen and oxygen atoms in total. The maximum atomic E-state index is 13.3. The molecule has 0 saturated heterocycles. The zero-order chi connectivity index (χ0) is 12.4. The minimum atomic E-state index is 0.0552. The predicted molar refractivity (Wildman–Crippen MR) is 62.6 cm³/mol. The Kier molecular flexibility index (Phi) is 2.73. The van der Waals surface area contributed by atoms with Crippen LogP contribution in [0.25, 0.3) is 11.0 Å². The van der Waals surface area contributed by atoms with Crippen molar-refractivity contribution in [3.63, 3.8) is 0 Å². The molecule has 7 heteroatoms. The van der Waals surface area contributed by atoms with Crippen LogP contribution in [-0.4, -0.2) is 29.1 Å². The van der Waals surface area contributed by atoms with E-state index in [1.807, 2.05) is 0 Å². The number of aromatic nitrogens is 2. The lowest BCUT2D eigenvalue weighted by Crippen LogP contribution is -2.15. The maximum Gasteiger partial charge on any atom is 0.234 e. The average Bonchev–Trinajstić information content (AvgIpc) is 2.69. The highest BCUT2D eigenvalue weighted by molar-refractivity contribution is 6.07. The van der Waals surface area contributed by atoms with Gasteiger partial charge >= 0.3 is 0 Å². The van der Waals surface area contributed by atoms with Crippen molar-refractivity contribution in [2.45, 2.75) is 0 Å². The van der Waals surface area contributed by atoms with E-state index in [1.54, 1.807) is 19.2 Å². The molecule has 88 valence electrons. The van der Waals surface area contributed by atoms with Crippen LogP contribution in [0.4, 0.5) is 10.2 Å². The van der Waals surface area contributed by atoms with E-state index in [9.17, 15) is 9.28 Å². The molecule has 0 fully saturated rings. The Morgan fingerprint density at radius 3 is 3.06 bits per heavy atom. The second-order valence-electron chi connectivity index (χ2n) is 3.31. The lowest BCUT2D eigenvalue weighted by atomic mass is 10.1. The van der Waals surface area contributed by atoms with Gasteiger partial charge in [0.1, 0.15) is 17.7 Å². The molecule has 17 heavy (non-hydrogen) atoms. The van der Waals surface area contributed by atoms with Gasteiger partial charge in [0.15, 0.2) is 0 Å². The molecular formula is C10H10FN5O. The number of hydrogen-bond acceptors (Lipinski definition) is 3. The van der Waals surface area contributed by atoms with Gasteiger partial charge in [-0.1, -0.05) is 4.48 Å². The third kappa shape index (κ3) is 1.82. The fourth-order valence-corrected chi connectivity index (χ4v) is 1.57. The van der Waals surface area contributed by atoms with Crippen LogP contribution in [0, 0.1) is 0 Å². The van der Waals surface area contributed by atoms with Gasteiger partial charge in [-0.25, -0.2) is 4.98 Å². The third-order valence-corrected chi connectivity index (χ3v) is 2.38. The number of carbonyl (C=O) groups is 1. The molecule has 0 saturated carbocycles. The highest BCUT2D eigenvalue weighted by atomic mass is 19.2. The van der Waals surface area contributed by atoms with Gasteiger partial charge in [-0.3, -0.25) is 4.79 Å². The first-order valence-corrected chi connectivity index (χ1v) is 4.79. The fraction of sp³-hybridized carbons (Fsp3) is 0.100. The first-order chi connectivity index (χ1) is 8.17. The van der Waals surface area contributed by atoms with E-state index < -0.39 is 0 Å². The number of fused-ring (bicyclic) bond motifs is 1. The van der Waals surface area contributed by atoms with Crippen molar-refractivity contribution in [1.82, 2.24) is 9.77 Å². The van der Waals surface area contributed by atoms with E-state index in [0.717, 1.165) is 6.33 Å². The van der Waals surface area contributed by atoms with Crippen LogP contribution >= 0.6 is 0 Å². The summed E-state index contributed by atoms with van der Waals surface area (Å²) in [6.45, 7) is 0. The molecular weight excluding hydrogens is 225 g/mol. The number of benzene rings is 1. The molecule has 0 aliphatic rings. The Morgan fingerprint density at radius 1 is 1.65 bits per heavy atom. The minimum absolute atomic E-state index is 0.0552. The van der Waals surface area contributed by atoms with E-state index in [2.05, 4.69) is 15.3 Å². The van der Waals surface area contributed by atoms with Crippen LogP contribution in [0.2, 0.25) is 0 Å². The predicted octanol–water partition coefficient (Wildman–Crippen LogP) is 0.672. The molecule has 1 heterocycles. The molecule has 1 amide bonds. The maximum absolute atomic E-state index is 13.3. The van der Waals surface area contributed by atoms with Gasteiger partial charge in [-0.05, 0) is 12.1 Å². The van der Waals surface area contributed by atoms with Crippen molar-refractivity contribution in [2.24, 2.45) is 10.7 Å². The Bertz CT molecular complexity index is 604. The summed E-state index contributed by atoms with van der Waals surface area (Å²) < 4.78 is 13.3. The molecule has 0 bridgehead atoms. The highest BCUT2D eigenvalue weighted by Crippen LogP contribution is 2.23. The number of carbonyl (C=O) groups excluding carboxylic acids is 1. The van der Waals surface area contributed by atoms with E-state index >= 15 is 0 Å². The Labute approximate surface area is 95.9 Å². The molecule has 2 rings (SSSR count). The molecule has 2 aromatic rings. The van der Waals surface area contributed by atoms with Crippen LogP contribution in [0.3, 0.4) is 0 Å². The molecule has 0 spiro atoms. The van der Waals surface area contributed by atoms with E-state index in [-0.39, 0.29) is 5.84 Å². The van der Waals surface area contributed by atoms with Gasteiger partial charge in [-0.15, -0.1) is 0 Å². The Balaban J connectivity index is 2.69. The number of nitrogens with zero attached hydrogens (tertiary/aromatic N) is 3. The van der Waals surface area contributed by atoms with Crippen molar-refractivity contribution >= 4 is 29.0 Å². The number of aliphatic imine (C=N–C) groups is 1. The van der Waals surface area contributed by atoms with Gasteiger partial charge in [0.2, 0.25) is 6.41 Å². The number of anilines is 1. The third-order valence-electron chi connectivity index (χ3n) is 2.38. The van der Waals surface area contributed by atoms with Crippen molar-refractivity contribution in [3.8, 4) is 0 Å². The molecule has 0 aliphatic heterocycles. The molecule has 0 radical (unpaired) electrons. The van der Waals surface area contributed by atoms with Crippen molar-refractivity contribution in [3.05, 3.63) is 24.0 Å². The van der Waals surface area contributed by atoms with E-state index in [1.165, 1.54) is 0 Å². The fourth-order valence-electron chi connectivity index (χ4n) is 1.57. The SMILES string of the molecule is CNc1cc2c(cc1C(N)=NC=O)ncn2F. The van der Waals surface area contributed by atoms with E-state index in [4.69, 9.17) is 5.73 Å². The van der Waals surface area contributed by atoms with Crippen molar-refractivity contribution < 1.29 is 9.28 Å². The van der Waals surface area contributed by atoms with E-state index in [0.29, 0.717) is 33.5 Å². The summed E-state index contributed by atoms with van der Waals surface area (Å²) >= 11 is 0. The summed E-state index contributed by atoms with van der Waals surface area (Å²) in [5, 5.41) is 2.86. The van der Waals surface area contributed by atoms with Crippen LogP contribution in [-0.2, 0) is 4.79 Å². The largest absolute Gasteiger partial charge is 0.387 e. The molecule has 1 aromatic heterocycles. The topological polar surface area (TPSA) is 85.3 Å². The van der Waals surface area contributed by atoms with Gasteiger partial charge in [0.25, 0.3) is 0 Å². The number of hydrogen-bond donors (Lipinski definition) is 2. The molecule has 3 N–H and O–H groups in total. The number of rotatable bonds is 3. The second kappa shape index (κ2) is 4.20.